The van der Waals surface area contributed by atoms with Crippen molar-refractivity contribution in [2.45, 2.75) is 39.5 Å². The predicted molar refractivity (Wildman–Crippen MR) is 125 cm³/mol. The molecule has 2 aromatic rings. The van der Waals surface area contributed by atoms with Crippen molar-refractivity contribution >= 4 is 5.91 Å². The van der Waals surface area contributed by atoms with Gasteiger partial charge < -0.3 is 19.3 Å². The van der Waals surface area contributed by atoms with Crippen LogP contribution in [0.1, 0.15) is 36.0 Å². The summed E-state index contributed by atoms with van der Waals surface area (Å²) in [5.41, 5.74) is 3.56. The van der Waals surface area contributed by atoms with Crippen molar-refractivity contribution in [3.63, 3.8) is 0 Å². The molecule has 2 aromatic carbocycles. The van der Waals surface area contributed by atoms with Crippen molar-refractivity contribution in [1.82, 2.24) is 9.80 Å². The van der Waals surface area contributed by atoms with Crippen molar-refractivity contribution in [2.75, 3.05) is 46.4 Å². The highest BCUT2D eigenvalue weighted by Gasteiger charge is 2.18. The van der Waals surface area contributed by atoms with E-state index in [-0.39, 0.29) is 5.91 Å². The summed E-state index contributed by atoms with van der Waals surface area (Å²) >= 11 is 0. The first kappa shape index (κ1) is 23.1. The van der Waals surface area contributed by atoms with E-state index in [0.717, 1.165) is 70.1 Å². The number of amides is 1. The van der Waals surface area contributed by atoms with E-state index in [0.29, 0.717) is 6.42 Å². The summed E-state index contributed by atoms with van der Waals surface area (Å²) in [7, 11) is 1.67. The molecule has 1 aliphatic heterocycles. The van der Waals surface area contributed by atoms with Gasteiger partial charge in [0.25, 0.3) is 0 Å². The van der Waals surface area contributed by atoms with E-state index in [1.807, 2.05) is 29.2 Å². The Hall–Kier alpha value is -2.53. The van der Waals surface area contributed by atoms with Gasteiger partial charge in [-0.1, -0.05) is 30.3 Å². The Balaban J connectivity index is 1.36. The zero-order valence-electron chi connectivity index (χ0n) is 19.2. The normalized spacial score (nSPS) is 14.9. The second kappa shape index (κ2) is 11.8. The van der Waals surface area contributed by atoms with Gasteiger partial charge in [0.15, 0.2) is 0 Å². The first-order valence-electron chi connectivity index (χ1n) is 11.4. The predicted octanol–water partition coefficient (Wildman–Crippen LogP) is 4.25. The quantitative estimate of drug-likeness (QED) is 0.565. The van der Waals surface area contributed by atoms with Crippen LogP contribution >= 0.6 is 0 Å². The summed E-state index contributed by atoms with van der Waals surface area (Å²) in [6.07, 6.45) is 3.37. The summed E-state index contributed by atoms with van der Waals surface area (Å²) in [4.78, 5) is 17.2. The maximum atomic E-state index is 12.7. The van der Waals surface area contributed by atoms with E-state index in [2.05, 4.69) is 36.9 Å². The van der Waals surface area contributed by atoms with Gasteiger partial charge in [-0.15, -0.1) is 0 Å². The monoisotopic (exact) mass is 424 g/mol. The Labute approximate surface area is 187 Å². The van der Waals surface area contributed by atoms with Crippen LogP contribution in [0, 0.1) is 13.8 Å². The number of nitrogens with zero attached hydrogens (tertiary/aromatic N) is 2. The van der Waals surface area contributed by atoms with Gasteiger partial charge in [-0.2, -0.15) is 0 Å². The molecular formula is C26H36N2O3. The fraction of sp³-hybridized carbons (Fsp3) is 0.500. The molecule has 1 heterocycles. The molecule has 0 atom stereocenters. The van der Waals surface area contributed by atoms with E-state index in [4.69, 9.17) is 9.47 Å². The molecule has 0 aromatic heterocycles. The lowest BCUT2D eigenvalue weighted by Gasteiger charge is -2.22. The molecule has 5 heteroatoms. The van der Waals surface area contributed by atoms with Crippen molar-refractivity contribution < 1.29 is 14.3 Å². The molecule has 0 aliphatic carbocycles. The lowest BCUT2D eigenvalue weighted by molar-refractivity contribution is -0.131. The molecule has 0 N–H and O–H groups in total. The number of rotatable bonds is 9. The summed E-state index contributed by atoms with van der Waals surface area (Å²) in [5.74, 6) is 2.13. The number of carbonyl (C=O) groups excluding carboxylic acids is 1. The van der Waals surface area contributed by atoms with Gasteiger partial charge in [-0.3, -0.25) is 4.79 Å². The average Bonchev–Trinajstić information content (AvgIpc) is 3.03. The molecule has 168 valence electrons. The lowest BCUT2D eigenvalue weighted by Crippen LogP contribution is -2.35. The second-order valence-electron chi connectivity index (χ2n) is 8.35. The molecule has 1 aliphatic rings. The maximum absolute atomic E-state index is 12.7. The number of carbonyl (C=O) groups is 1. The van der Waals surface area contributed by atoms with Crippen molar-refractivity contribution in [3.8, 4) is 11.5 Å². The molecule has 1 amide bonds. The number of aryl methyl sites for hydroxylation is 3. The van der Waals surface area contributed by atoms with Crippen LogP contribution in [0.2, 0.25) is 0 Å². The highest BCUT2D eigenvalue weighted by molar-refractivity contribution is 5.76. The molecule has 0 unspecified atom stereocenters. The van der Waals surface area contributed by atoms with Crippen LogP contribution in [0.25, 0.3) is 0 Å². The number of benzene rings is 2. The summed E-state index contributed by atoms with van der Waals surface area (Å²) in [6, 6.07) is 14.2. The summed E-state index contributed by atoms with van der Waals surface area (Å²) in [5, 5.41) is 0. The van der Waals surface area contributed by atoms with Crippen molar-refractivity contribution in [2.24, 2.45) is 0 Å². The van der Waals surface area contributed by atoms with E-state index in [1.165, 1.54) is 16.7 Å². The van der Waals surface area contributed by atoms with Crippen molar-refractivity contribution in [3.05, 3.63) is 59.2 Å². The topological polar surface area (TPSA) is 42.0 Å². The van der Waals surface area contributed by atoms with E-state index < -0.39 is 0 Å². The van der Waals surface area contributed by atoms with Crippen LogP contribution in [0.5, 0.6) is 11.5 Å². The Morgan fingerprint density at radius 1 is 0.968 bits per heavy atom. The van der Waals surface area contributed by atoms with Crippen LogP contribution in [-0.2, 0) is 11.2 Å². The van der Waals surface area contributed by atoms with E-state index >= 15 is 0 Å². The number of para-hydroxylation sites is 1. The molecule has 1 fully saturated rings. The van der Waals surface area contributed by atoms with Crippen LogP contribution in [0.15, 0.2) is 42.5 Å². The van der Waals surface area contributed by atoms with Crippen LogP contribution in [-0.4, -0.2) is 62.1 Å². The molecule has 0 bridgehead atoms. The third-order valence-corrected chi connectivity index (χ3v) is 6.00. The van der Waals surface area contributed by atoms with Crippen LogP contribution in [0.3, 0.4) is 0 Å². The number of hydrogen-bond donors (Lipinski definition) is 0. The average molecular weight is 425 g/mol. The largest absolute Gasteiger partial charge is 0.497 e. The molecule has 0 radical (unpaired) electrons. The first-order chi connectivity index (χ1) is 15.1. The molecule has 1 saturated heterocycles. The van der Waals surface area contributed by atoms with Crippen LogP contribution in [0.4, 0.5) is 0 Å². The minimum Gasteiger partial charge on any atom is -0.497 e. The van der Waals surface area contributed by atoms with Crippen LogP contribution < -0.4 is 9.47 Å². The highest BCUT2D eigenvalue weighted by Crippen LogP contribution is 2.22. The van der Waals surface area contributed by atoms with Gasteiger partial charge >= 0.3 is 0 Å². The molecule has 3 rings (SSSR count). The zero-order valence-corrected chi connectivity index (χ0v) is 19.2. The summed E-state index contributed by atoms with van der Waals surface area (Å²) in [6.45, 7) is 9.60. The maximum Gasteiger partial charge on any atom is 0.222 e. The molecular weight excluding hydrogens is 388 g/mol. The van der Waals surface area contributed by atoms with E-state index in [9.17, 15) is 4.79 Å². The number of ether oxygens (including phenoxy) is 2. The highest BCUT2D eigenvalue weighted by atomic mass is 16.5. The van der Waals surface area contributed by atoms with Gasteiger partial charge in [0.1, 0.15) is 11.5 Å². The SMILES string of the molecule is COc1ccc(CCC(=O)N2CCCN(CCCOc3c(C)cccc3C)CC2)cc1. The molecule has 0 saturated carbocycles. The minimum absolute atomic E-state index is 0.260. The van der Waals surface area contributed by atoms with Gasteiger partial charge in [-0.05, 0) is 68.5 Å². The van der Waals surface area contributed by atoms with Crippen molar-refractivity contribution in [1.29, 1.82) is 0 Å². The molecule has 5 nitrogen and oxygen atoms in total. The Morgan fingerprint density at radius 3 is 2.42 bits per heavy atom. The fourth-order valence-corrected chi connectivity index (χ4v) is 4.13. The number of hydrogen-bond acceptors (Lipinski definition) is 4. The Morgan fingerprint density at radius 2 is 1.71 bits per heavy atom. The smallest absolute Gasteiger partial charge is 0.222 e. The lowest BCUT2D eigenvalue weighted by atomic mass is 10.1. The van der Waals surface area contributed by atoms with Gasteiger partial charge in [0, 0.05) is 32.6 Å². The minimum atomic E-state index is 0.260. The standard InChI is InChI=1S/C26H36N2O3/c1-21-7-4-8-22(2)26(21)31-20-6-16-27-15-5-17-28(19-18-27)25(29)14-11-23-9-12-24(30-3)13-10-23/h4,7-10,12-13H,5-6,11,14-20H2,1-3H3. The Bertz CT molecular complexity index is 815. The van der Waals surface area contributed by atoms with Gasteiger partial charge in [-0.25, -0.2) is 0 Å². The first-order valence-corrected chi connectivity index (χ1v) is 11.4. The number of methoxy groups -OCH3 is 1. The summed E-state index contributed by atoms with van der Waals surface area (Å²) < 4.78 is 11.2. The van der Waals surface area contributed by atoms with Gasteiger partial charge in [0.05, 0.1) is 13.7 Å². The zero-order chi connectivity index (χ0) is 22.1. The molecule has 31 heavy (non-hydrogen) atoms. The molecule has 0 spiro atoms. The third kappa shape index (κ3) is 7.00. The third-order valence-electron chi connectivity index (χ3n) is 6.00. The second-order valence-corrected chi connectivity index (χ2v) is 8.35. The Kier molecular flexibility index (Phi) is 8.77. The van der Waals surface area contributed by atoms with E-state index in [1.54, 1.807) is 7.11 Å². The van der Waals surface area contributed by atoms with Gasteiger partial charge in [0.2, 0.25) is 5.91 Å². The fourth-order valence-electron chi connectivity index (χ4n) is 4.13.